The molecule has 0 atom stereocenters. The van der Waals surface area contributed by atoms with Crippen LogP contribution in [0.5, 0.6) is 0 Å². The molecule has 2 heterocycles. The highest BCUT2D eigenvalue weighted by atomic mass is 32.2. The van der Waals surface area contributed by atoms with Gasteiger partial charge in [0.2, 0.25) is 5.69 Å². The second kappa shape index (κ2) is 18.0. The van der Waals surface area contributed by atoms with Crippen LogP contribution < -0.4 is 4.90 Å². The van der Waals surface area contributed by atoms with E-state index in [1.807, 2.05) is 62.9 Å². The van der Waals surface area contributed by atoms with Crippen molar-refractivity contribution in [1.82, 2.24) is 0 Å². The van der Waals surface area contributed by atoms with Crippen LogP contribution in [0.25, 0.3) is 5.57 Å². The van der Waals surface area contributed by atoms with Crippen LogP contribution >= 0.6 is 0 Å². The number of carboxylic acid groups (broad SMARTS) is 1. The molecule has 0 aromatic heterocycles. The minimum Gasteiger partial charge on any atom is -0.478 e. The summed E-state index contributed by atoms with van der Waals surface area (Å²) >= 11 is 0. The number of halogens is 2. The molecule has 4 N–H and O–H groups in total. The standard InChI is InChI=1S/C45H50F2N2O11S3/c1-44(2)33-14-5-6-15-37(33)48(22-7-9-24-61(52,53)54)39(44)20-16-29-12-11-13-30(41(29)42-35(46)26-31(43(50)51)27-36(42)47)17-21-40-45(3,4)34-28-32(63(58,59)60)18-19-38(34)49(40)23-8-10-25-62(55,56)57/h5-6,14-21,26-28H,7-13,22-25H2,1-4H3,(H3-,50,51,52,53,54,55,56,57,58,59,60)/p+1. The van der Waals surface area contributed by atoms with Gasteiger partial charge in [-0.3, -0.25) is 13.7 Å². The third-order valence-corrected chi connectivity index (χ3v) is 14.4. The summed E-state index contributed by atoms with van der Waals surface area (Å²) in [5.41, 5.74) is 3.35. The van der Waals surface area contributed by atoms with Gasteiger partial charge in [-0.1, -0.05) is 44.2 Å². The predicted octanol–water partition coefficient (Wildman–Crippen LogP) is 8.42. The Bertz CT molecular complexity index is 2840. The lowest BCUT2D eigenvalue weighted by molar-refractivity contribution is -0.438. The van der Waals surface area contributed by atoms with E-state index >= 15 is 8.78 Å². The van der Waals surface area contributed by atoms with Gasteiger partial charge in [-0.05, 0) is 111 Å². The number of fused-ring (bicyclic) bond motifs is 2. The predicted molar refractivity (Wildman–Crippen MR) is 237 cm³/mol. The number of hydrogen-bond acceptors (Lipinski definition) is 8. The molecular formula is C45H51F2N2O11S3+. The minimum absolute atomic E-state index is 0.110. The summed E-state index contributed by atoms with van der Waals surface area (Å²) in [6.45, 7) is 8.41. The van der Waals surface area contributed by atoms with Gasteiger partial charge >= 0.3 is 5.97 Å². The first kappa shape index (κ1) is 47.6. The maximum absolute atomic E-state index is 16.2. The average Bonchev–Trinajstić information content (AvgIpc) is 3.53. The molecule has 3 aliphatic rings. The van der Waals surface area contributed by atoms with Gasteiger partial charge in [-0.2, -0.15) is 29.8 Å². The SMILES string of the molecule is CC1(C)C(=CC=C2CCCC(C=CC3=[N+](CCCCS(=O)(=O)O)c4ccccc4C3(C)C)=C2c2c(F)cc(C(=O)O)cc2F)N(CCCCS(=O)(=O)O)c2ccc(S(=O)(=O)O)cc21. The maximum atomic E-state index is 16.2. The van der Waals surface area contributed by atoms with E-state index in [1.54, 1.807) is 24.3 Å². The van der Waals surface area contributed by atoms with E-state index in [1.165, 1.54) is 12.1 Å². The van der Waals surface area contributed by atoms with Crippen molar-refractivity contribution in [1.29, 1.82) is 0 Å². The van der Waals surface area contributed by atoms with Gasteiger partial charge in [-0.15, -0.1) is 0 Å². The summed E-state index contributed by atoms with van der Waals surface area (Å²) in [6, 6.07) is 13.5. The third kappa shape index (κ3) is 10.4. The molecule has 0 unspecified atom stereocenters. The summed E-state index contributed by atoms with van der Waals surface area (Å²) in [7, 11) is -13.0. The molecule has 63 heavy (non-hydrogen) atoms. The normalized spacial score (nSPS) is 18.8. The van der Waals surface area contributed by atoms with Gasteiger partial charge in [0.1, 0.15) is 18.2 Å². The minimum atomic E-state index is -4.59. The molecule has 0 amide bonds. The Balaban J connectivity index is 1.51. The lowest BCUT2D eigenvalue weighted by Gasteiger charge is -2.28. The Morgan fingerprint density at radius 1 is 0.778 bits per heavy atom. The number of carboxylic acids is 1. The number of carbonyl (C=O) groups is 1. The van der Waals surface area contributed by atoms with Crippen LogP contribution in [-0.2, 0) is 41.2 Å². The molecule has 3 aromatic carbocycles. The smallest absolute Gasteiger partial charge is 0.335 e. The highest BCUT2D eigenvalue weighted by molar-refractivity contribution is 7.86. The van der Waals surface area contributed by atoms with Gasteiger partial charge in [0, 0.05) is 47.5 Å². The summed E-state index contributed by atoms with van der Waals surface area (Å²) in [5.74, 6) is -4.54. The molecule has 13 nitrogen and oxygen atoms in total. The monoisotopic (exact) mass is 929 g/mol. The van der Waals surface area contributed by atoms with Crippen molar-refractivity contribution in [2.75, 3.05) is 29.5 Å². The van der Waals surface area contributed by atoms with Crippen molar-refractivity contribution in [2.24, 2.45) is 0 Å². The molecular weight excluding hydrogens is 879 g/mol. The lowest BCUT2D eigenvalue weighted by Crippen LogP contribution is -2.28. The lowest BCUT2D eigenvalue weighted by atomic mass is 9.79. The van der Waals surface area contributed by atoms with E-state index in [2.05, 4.69) is 4.58 Å². The van der Waals surface area contributed by atoms with Gasteiger partial charge in [0.05, 0.1) is 32.9 Å². The number of benzene rings is 3. The zero-order chi connectivity index (χ0) is 46.3. The first-order chi connectivity index (χ1) is 29.3. The number of hydrogen-bond donors (Lipinski definition) is 4. The Morgan fingerprint density at radius 2 is 1.41 bits per heavy atom. The number of rotatable bonds is 16. The Morgan fingerprint density at radius 3 is 2.03 bits per heavy atom. The summed E-state index contributed by atoms with van der Waals surface area (Å²) in [4.78, 5) is 13.4. The largest absolute Gasteiger partial charge is 0.478 e. The molecule has 0 radical (unpaired) electrons. The first-order valence-electron chi connectivity index (χ1n) is 20.4. The van der Waals surface area contributed by atoms with E-state index in [-0.39, 0.29) is 29.9 Å². The zero-order valence-corrected chi connectivity index (χ0v) is 37.8. The molecule has 0 bridgehead atoms. The number of aromatic carboxylic acids is 1. The third-order valence-electron chi connectivity index (χ3n) is 12.0. The van der Waals surface area contributed by atoms with Crippen molar-refractivity contribution in [3.8, 4) is 0 Å². The highest BCUT2D eigenvalue weighted by Gasteiger charge is 2.44. The number of nitrogens with zero attached hydrogens (tertiary/aromatic N) is 2. The van der Waals surface area contributed by atoms with Crippen LogP contribution in [-0.4, -0.2) is 84.9 Å². The van der Waals surface area contributed by atoms with Crippen molar-refractivity contribution in [3.63, 3.8) is 0 Å². The molecule has 18 heteroatoms. The molecule has 0 saturated heterocycles. The van der Waals surface area contributed by atoms with Gasteiger partial charge in [0.25, 0.3) is 30.4 Å². The molecule has 0 saturated carbocycles. The van der Waals surface area contributed by atoms with E-state index in [9.17, 15) is 48.8 Å². The molecule has 2 aliphatic heterocycles. The van der Waals surface area contributed by atoms with E-state index < -0.39 is 81.4 Å². The highest BCUT2D eigenvalue weighted by Crippen LogP contribution is 2.49. The Kier molecular flexibility index (Phi) is 13.6. The second-order valence-corrected chi connectivity index (χ2v) is 21.6. The van der Waals surface area contributed by atoms with Crippen LogP contribution in [0, 0.1) is 11.6 Å². The van der Waals surface area contributed by atoms with Gasteiger partial charge in [0.15, 0.2) is 5.71 Å². The number of allylic oxidation sites excluding steroid dienone is 8. The molecule has 0 spiro atoms. The van der Waals surface area contributed by atoms with Crippen LogP contribution in [0.3, 0.4) is 0 Å². The molecule has 3 aromatic rings. The quantitative estimate of drug-likeness (QED) is 0.0607. The fraction of sp³-hybridized carbons (Fsp3) is 0.378. The Labute approximate surface area is 367 Å². The van der Waals surface area contributed by atoms with E-state index in [4.69, 9.17) is 0 Å². The fourth-order valence-corrected chi connectivity index (χ4v) is 10.6. The fourth-order valence-electron chi connectivity index (χ4n) is 8.92. The number of para-hydroxylation sites is 1. The molecule has 0 fully saturated rings. The molecule has 338 valence electrons. The topological polar surface area (TPSA) is 207 Å². The van der Waals surface area contributed by atoms with E-state index in [0.29, 0.717) is 66.7 Å². The van der Waals surface area contributed by atoms with Crippen molar-refractivity contribution >= 4 is 59.0 Å². The van der Waals surface area contributed by atoms with Crippen LogP contribution in [0.1, 0.15) is 99.7 Å². The van der Waals surface area contributed by atoms with Crippen molar-refractivity contribution in [2.45, 2.75) is 88.4 Å². The average molecular weight is 930 g/mol. The van der Waals surface area contributed by atoms with Gasteiger partial charge < -0.3 is 10.0 Å². The number of unbranched alkanes of at least 4 members (excludes halogenated alkanes) is 2. The summed E-state index contributed by atoms with van der Waals surface area (Å²) in [5, 5.41) is 9.62. The summed E-state index contributed by atoms with van der Waals surface area (Å²) < 4.78 is 133. The van der Waals surface area contributed by atoms with Crippen molar-refractivity contribution < 1.29 is 62.2 Å². The van der Waals surface area contributed by atoms with E-state index in [0.717, 1.165) is 29.1 Å². The van der Waals surface area contributed by atoms with Crippen molar-refractivity contribution in [3.05, 3.63) is 130 Å². The van der Waals surface area contributed by atoms with Gasteiger partial charge in [-0.25, -0.2) is 13.6 Å². The number of anilines is 1. The first-order valence-corrected chi connectivity index (χ1v) is 25.1. The second-order valence-electron chi connectivity index (χ2n) is 17.0. The maximum Gasteiger partial charge on any atom is 0.335 e. The molecule has 1 aliphatic carbocycles. The zero-order valence-electron chi connectivity index (χ0n) is 35.3. The van der Waals surface area contributed by atoms with Crippen LogP contribution in [0.15, 0.2) is 101 Å². The Hall–Kier alpha value is -4.85. The summed E-state index contributed by atoms with van der Waals surface area (Å²) in [6.07, 6.45) is 9.55. The van der Waals surface area contributed by atoms with Crippen LogP contribution in [0.4, 0.5) is 20.2 Å². The van der Waals surface area contributed by atoms with Crippen LogP contribution in [0.2, 0.25) is 0 Å². The molecule has 6 rings (SSSR count).